The van der Waals surface area contributed by atoms with Crippen LogP contribution < -0.4 is 5.30 Å². The van der Waals surface area contributed by atoms with E-state index in [4.69, 9.17) is 0 Å². The smallest absolute Gasteiger partial charge is 0.0161 e. The number of hydrogen-bond acceptors (Lipinski definition) is 0. The zero-order valence-electron chi connectivity index (χ0n) is 6.09. The van der Waals surface area contributed by atoms with Crippen molar-refractivity contribution in [2.24, 2.45) is 0 Å². The lowest BCUT2D eigenvalue weighted by Gasteiger charge is -2.01. The molecule has 1 atom stereocenters. The molecule has 10 heavy (non-hydrogen) atoms. The molecule has 1 unspecified atom stereocenters. The molecule has 0 amide bonds. The van der Waals surface area contributed by atoms with Crippen LogP contribution in [0, 0.1) is 0 Å². The third-order valence-electron chi connectivity index (χ3n) is 1.42. The molecule has 52 valence electrons. The van der Waals surface area contributed by atoms with E-state index in [1.165, 1.54) is 10.9 Å². The SMILES string of the molecule is C=C(C)c1ccccc1P. The molecule has 0 N–H and O–H groups in total. The fourth-order valence-electron chi connectivity index (χ4n) is 0.886. The first-order chi connectivity index (χ1) is 4.72. The maximum Gasteiger partial charge on any atom is -0.0161 e. The third kappa shape index (κ3) is 1.46. The largest absolute Gasteiger partial charge is 0.105 e. The lowest BCUT2D eigenvalue weighted by molar-refractivity contribution is 1.63. The third-order valence-corrected chi connectivity index (χ3v) is 1.92. The van der Waals surface area contributed by atoms with Crippen LogP contribution in [0.2, 0.25) is 0 Å². The Morgan fingerprint density at radius 2 is 2.00 bits per heavy atom. The Labute approximate surface area is 64.2 Å². The highest BCUT2D eigenvalue weighted by Crippen LogP contribution is 2.09. The zero-order chi connectivity index (χ0) is 7.56. The van der Waals surface area contributed by atoms with Gasteiger partial charge in [-0.05, 0) is 17.8 Å². The maximum absolute atomic E-state index is 3.87. The van der Waals surface area contributed by atoms with Crippen molar-refractivity contribution in [1.29, 1.82) is 0 Å². The molecule has 0 bridgehead atoms. The second kappa shape index (κ2) is 2.98. The van der Waals surface area contributed by atoms with E-state index in [1.54, 1.807) is 0 Å². The fraction of sp³-hybridized carbons (Fsp3) is 0.111. The molecular weight excluding hydrogens is 139 g/mol. The molecule has 0 aliphatic carbocycles. The minimum atomic E-state index is 1.12. The van der Waals surface area contributed by atoms with Gasteiger partial charge in [0.05, 0.1) is 0 Å². The average Bonchev–Trinajstić information content (AvgIpc) is 1.88. The van der Waals surface area contributed by atoms with E-state index in [0.717, 1.165) is 5.57 Å². The summed E-state index contributed by atoms with van der Waals surface area (Å²) in [5.41, 5.74) is 2.35. The Kier molecular flexibility index (Phi) is 2.24. The van der Waals surface area contributed by atoms with E-state index in [9.17, 15) is 0 Å². The molecule has 0 saturated carbocycles. The van der Waals surface area contributed by atoms with Crippen LogP contribution in [0.25, 0.3) is 5.57 Å². The molecule has 0 aromatic heterocycles. The van der Waals surface area contributed by atoms with Crippen molar-refractivity contribution in [2.45, 2.75) is 6.92 Å². The van der Waals surface area contributed by atoms with Gasteiger partial charge < -0.3 is 0 Å². The summed E-state index contributed by atoms with van der Waals surface area (Å²) in [5.74, 6) is 0. The molecule has 0 aliphatic rings. The Hall–Kier alpha value is -0.610. The summed E-state index contributed by atoms with van der Waals surface area (Å²) in [6.45, 7) is 5.89. The second-order valence-corrected chi connectivity index (χ2v) is 2.99. The van der Waals surface area contributed by atoms with E-state index in [1.807, 2.05) is 19.1 Å². The summed E-state index contributed by atoms with van der Waals surface area (Å²) in [4.78, 5) is 0. The van der Waals surface area contributed by atoms with Crippen LogP contribution >= 0.6 is 9.24 Å². The average molecular weight is 150 g/mol. The molecule has 1 rings (SSSR count). The summed E-state index contributed by atoms with van der Waals surface area (Å²) in [6, 6.07) is 8.19. The van der Waals surface area contributed by atoms with Gasteiger partial charge in [-0.1, -0.05) is 36.4 Å². The van der Waals surface area contributed by atoms with Crippen LogP contribution in [-0.2, 0) is 0 Å². The first-order valence-electron chi connectivity index (χ1n) is 3.22. The van der Waals surface area contributed by atoms with Crippen LogP contribution in [-0.4, -0.2) is 0 Å². The Morgan fingerprint density at radius 3 is 2.40 bits per heavy atom. The molecule has 0 radical (unpaired) electrons. The van der Waals surface area contributed by atoms with Gasteiger partial charge in [-0.15, -0.1) is 9.24 Å². The second-order valence-electron chi connectivity index (χ2n) is 2.37. The summed E-state index contributed by atoms with van der Waals surface area (Å²) in [5, 5.41) is 1.22. The topological polar surface area (TPSA) is 0 Å². The van der Waals surface area contributed by atoms with Crippen molar-refractivity contribution >= 4 is 20.1 Å². The minimum Gasteiger partial charge on any atom is -0.105 e. The molecule has 1 aromatic rings. The quantitative estimate of drug-likeness (QED) is 0.538. The van der Waals surface area contributed by atoms with Gasteiger partial charge in [0.15, 0.2) is 0 Å². The molecule has 0 aliphatic heterocycles. The predicted octanol–water partition coefficient (Wildman–Crippen LogP) is 2.22. The lowest BCUT2D eigenvalue weighted by atomic mass is 10.1. The van der Waals surface area contributed by atoms with Gasteiger partial charge >= 0.3 is 0 Å². The number of rotatable bonds is 1. The van der Waals surface area contributed by atoms with Crippen molar-refractivity contribution in [1.82, 2.24) is 0 Å². The van der Waals surface area contributed by atoms with E-state index in [-0.39, 0.29) is 0 Å². The van der Waals surface area contributed by atoms with Crippen molar-refractivity contribution in [3.05, 3.63) is 36.4 Å². The van der Waals surface area contributed by atoms with Crippen LogP contribution in [0.1, 0.15) is 12.5 Å². The molecular formula is C9H11P. The van der Waals surface area contributed by atoms with Gasteiger partial charge in [-0.3, -0.25) is 0 Å². The Morgan fingerprint density at radius 1 is 1.40 bits per heavy atom. The molecule has 0 saturated heterocycles. The van der Waals surface area contributed by atoms with Crippen molar-refractivity contribution < 1.29 is 0 Å². The van der Waals surface area contributed by atoms with Crippen LogP contribution in [0.5, 0.6) is 0 Å². The summed E-state index contributed by atoms with van der Waals surface area (Å²) >= 11 is 0. The summed E-state index contributed by atoms with van der Waals surface area (Å²) in [7, 11) is 2.69. The number of hydrogen-bond donors (Lipinski definition) is 0. The molecule has 1 heteroatoms. The van der Waals surface area contributed by atoms with E-state index >= 15 is 0 Å². The van der Waals surface area contributed by atoms with Crippen molar-refractivity contribution in [2.75, 3.05) is 0 Å². The van der Waals surface area contributed by atoms with E-state index in [0.29, 0.717) is 0 Å². The fourth-order valence-corrected chi connectivity index (χ4v) is 1.34. The first kappa shape index (κ1) is 7.50. The highest BCUT2D eigenvalue weighted by Gasteiger charge is 1.94. The summed E-state index contributed by atoms with van der Waals surface area (Å²) < 4.78 is 0. The van der Waals surface area contributed by atoms with E-state index in [2.05, 4.69) is 28.0 Å². The van der Waals surface area contributed by atoms with Gasteiger partial charge in [0, 0.05) is 0 Å². The Balaban J connectivity index is 3.15. The van der Waals surface area contributed by atoms with Gasteiger partial charge in [-0.25, -0.2) is 0 Å². The maximum atomic E-state index is 3.87. The zero-order valence-corrected chi connectivity index (χ0v) is 7.25. The van der Waals surface area contributed by atoms with Crippen molar-refractivity contribution in [3.8, 4) is 0 Å². The predicted molar refractivity (Wildman–Crippen MR) is 50.5 cm³/mol. The Bertz CT molecular complexity index is 251. The monoisotopic (exact) mass is 150 g/mol. The molecule has 1 aromatic carbocycles. The highest BCUT2D eigenvalue weighted by molar-refractivity contribution is 7.27. The summed E-state index contributed by atoms with van der Waals surface area (Å²) in [6.07, 6.45) is 0. The normalized spacial score (nSPS) is 9.40. The molecule has 0 heterocycles. The van der Waals surface area contributed by atoms with Crippen LogP contribution in [0.3, 0.4) is 0 Å². The van der Waals surface area contributed by atoms with Gasteiger partial charge in [-0.2, -0.15) is 0 Å². The number of allylic oxidation sites excluding steroid dienone is 1. The van der Waals surface area contributed by atoms with Gasteiger partial charge in [0.2, 0.25) is 0 Å². The van der Waals surface area contributed by atoms with Gasteiger partial charge in [0.25, 0.3) is 0 Å². The van der Waals surface area contributed by atoms with Crippen LogP contribution in [0.4, 0.5) is 0 Å². The number of benzene rings is 1. The molecule has 0 nitrogen and oxygen atoms in total. The van der Waals surface area contributed by atoms with Gasteiger partial charge in [0.1, 0.15) is 0 Å². The minimum absolute atomic E-state index is 1.12. The van der Waals surface area contributed by atoms with Crippen LogP contribution in [0.15, 0.2) is 30.8 Å². The standard InChI is InChI=1S/C9H11P/c1-7(2)8-5-3-4-6-9(8)10/h3-6H,1,10H2,2H3. The molecule has 0 fully saturated rings. The molecule has 0 spiro atoms. The van der Waals surface area contributed by atoms with E-state index < -0.39 is 0 Å². The van der Waals surface area contributed by atoms with Crippen molar-refractivity contribution in [3.63, 3.8) is 0 Å². The first-order valence-corrected chi connectivity index (χ1v) is 3.80. The highest BCUT2D eigenvalue weighted by atomic mass is 31.0. The lowest BCUT2D eigenvalue weighted by Crippen LogP contribution is -1.96.